The summed E-state index contributed by atoms with van der Waals surface area (Å²) in [4.78, 5) is 0. The molecule has 0 fully saturated rings. The number of benzene rings is 1. The van der Waals surface area contributed by atoms with E-state index in [1.54, 1.807) is 0 Å². The molecule has 0 bridgehead atoms. The molecule has 1 aromatic rings. The second-order valence-corrected chi connectivity index (χ2v) is 7.96. The Morgan fingerprint density at radius 2 is 1.95 bits per heavy atom. The summed E-state index contributed by atoms with van der Waals surface area (Å²) in [6.45, 7) is 9.06. The van der Waals surface area contributed by atoms with Crippen LogP contribution in [0.4, 0.5) is 0 Å². The van der Waals surface area contributed by atoms with E-state index < -0.39 is 9.84 Å². The maximum absolute atomic E-state index is 12.3. The molecule has 0 aliphatic rings. The van der Waals surface area contributed by atoms with Gasteiger partial charge in [-0.1, -0.05) is 50.6 Å². The van der Waals surface area contributed by atoms with Crippen LogP contribution in [0.25, 0.3) is 0 Å². The zero-order valence-electron chi connectivity index (χ0n) is 13.0. The van der Waals surface area contributed by atoms with Crippen LogP contribution in [0.1, 0.15) is 38.3 Å². The highest BCUT2D eigenvalue weighted by atomic mass is 32.2. The van der Waals surface area contributed by atoms with Gasteiger partial charge in [0.2, 0.25) is 0 Å². The van der Waals surface area contributed by atoms with E-state index in [1.807, 2.05) is 31.2 Å². The van der Waals surface area contributed by atoms with Crippen LogP contribution in [0.3, 0.4) is 0 Å². The van der Waals surface area contributed by atoms with Gasteiger partial charge in [0.05, 0.1) is 11.5 Å². The van der Waals surface area contributed by atoms with Gasteiger partial charge in [0.25, 0.3) is 0 Å². The molecule has 0 amide bonds. The molecule has 0 heterocycles. The third-order valence-electron chi connectivity index (χ3n) is 3.36. The third-order valence-corrected chi connectivity index (χ3v) is 5.00. The van der Waals surface area contributed by atoms with Crippen LogP contribution in [0.15, 0.2) is 24.3 Å². The van der Waals surface area contributed by atoms with Crippen LogP contribution < -0.4 is 5.32 Å². The van der Waals surface area contributed by atoms with Crippen molar-refractivity contribution in [3.05, 3.63) is 35.4 Å². The fourth-order valence-corrected chi connectivity index (χ4v) is 4.06. The van der Waals surface area contributed by atoms with Crippen molar-refractivity contribution in [2.75, 3.05) is 12.3 Å². The average Bonchev–Trinajstić information content (AvgIpc) is 2.33. The molecule has 0 aromatic heterocycles. The van der Waals surface area contributed by atoms with Crippen molar-refractivity contribution in [1.82, 2.24) is 5.32 Å². The predicted molar refractivity (Wildman–Crippen MR) is 85.6 cm³/mol. The molecule has 3 nitrogen and oxygen atoms in total. The lowest BCUT2D eigenvalue weighted by Gasteiger charge is -2.22. The number of hydrogen-bond donors (Lipinski definition) is 1. The maximum Gasteiger partial charge on any atom is 0.155 e. The Hall–Kier alpha value is -0.870. The average molecular weight is 297 g/mol. The van der Waals surface area contributed by atoms with Crippen LogP contribution in [-0.4, -0.2) is 26.8 Å². The monoisotopic (exact) mass is 297 g/mol. The van der Waals surface area contributed by atoms with Crippen LogP contribution in [0.5, 0.6) is 0 Å². The van der Waals surface area contributed by atoms with Gasteiger partial charge in [0, 0.05) is 6.04 Å². The maximum atomic E-state index is 12.3. The van der Waals surface area contributed by atoms with E-state index in [0.717, 1.165) is 24.1 Å². The van der Waals surface area contributed by atoms with Gasteiger partial charge in [-0.15, -0.1) is 0 Å². The molecule has 114 valence electrons. The summed E-state index contributed by atoms with van der Waals surface area (Å²) in [5.41, 5.74) is 1.98. The first-order chi connectivity index (χ1) is 9.34. The van der Waals surface area contributed by atoms with E-state index >= 15 is 0 Å². The molecular weight excluding hydrogens is 270 g/mol. The molecule has 0 radical (unpaired) electrons. The number of aryl methyl sites for hydroxylation is 1. The lowest BCUT2D eigenvalue weighted by molar-refractivity contribution is 0.426. The van der Waals surface area contributed by atoms with E-state index in [-0.39, 0.29) is 17.5 Å². The first-order valence-corrected chi connectivity index (χ1v) is 9.15. The highest BCUT2D eigenvalue weighted by Gasteiger charge is 2.21. The molecule has 1 unspecified atom stereocenters. The Morgan fingerprint density at radius 3 is 2.50 bits per heavy atom. The third kappa shape index (κ3) is 6.06. The standard InChI is InChI=1S/C16H27NO2S/c1-5-9-17-16(13(2)3)12-20(18,19)11-15-8-6-7-14(4)10-15/h6-8,10,13,16-17H,5,9,11-12H2,1-4H3. The van der Waals surface area contributed by atoms with Gasteiger partial charge in [-0.2, -0.15) is 0 Å². The van der Waals surface area contributed by atoms with Crippen molar-refractivity contribution in [1.29, 1.82) is 0 Å². The van der Waals surface area contributed by atoms with Gasteiger partial charge in [0.1, 0.15) is 0 Å². The normalized spacial score (nSPS) is 13.7. The molecular formula is C16H27NO2S. The lowest BCUT2D eigenvalue weighted by atomic mass is 10.1. The molecule has 20 heavy (non-hydrogen) atoms. The molecule has 0 aliphatic carbocycles. The van der Waals surface area contributed by atoms with Gasteiger partial charge in [-0.25, -0.2) is 8.42 Å². The first kappa shape index (κ1) is 17.2. The molecule has 1 aromatic carbocycles. The summed E-state index contributed by atoms with van der Waals surface area (Å²) in [5, 5.41) is 3.34. The molecule has 1 rings (SSSR count). The number of nitrogens with one attached hydrogen (secondary N) is 1. The molecule has 0 saturated heterocycles. The summed E-state index contributed by atoms with van der Waals surface area (Å²) in [6, 6.07) is 7.76. The smallest absolute Gasteiger partial charge is 0.155 e. The predicted octanol–water partition coefficient (Wildman–Crippen LogP) is 2.93. The van der Waals surface area contributed by atoms with Crippen LogP contribution in [0, 0.1) is 12.8 Å². The molecule has 0 aliphatic heterocycles. The highest BCUT2D eigenvalue weighted by molar-refractivity contribution is 7.90. The van der Waals surface area contributed by atoms with E-state index in [2.05, 4.69) is 26.1 Å². The molecule has 0 spiro atoms. The largest absolute Gasteiger partial charge is 0.313 e. The minimum absolute atomic E-state index is 0.0322. The van der Waals surface area contributed by atoms with Gasteiger partial charge in [-0.05, 0) is 31.4 Å². The van der Waals surface area contributed by atoms with Gasteiger partial charge in [-0.3, -0.25) is 0 Å². The highest BCUT2D eigenvalue weighted by Crippen LogP contribution is 2.12. The minimum atomic E-state index is -3.09. The summed E-state index contributed by atoms with van der Waals surface area (Å²) >= 11 is 0. The van der Waals surface area contributed by atoms with E-state index in [9.17, 15) is 8.42 Å². The SMILES string of the molecule is CCCNC(CS(=O)(=O)Cc1cccc(C)c1)C(C)C. The van der Waals surface area contributed by atoms with Crippen molar-refractivity contribution in [2.45, 2.75) is 45.9 Å². The van der Waals surface area contributed by atoms with Crippen molar-refractivity contribution in [3.63, 3.8) is 0 Å². The quantitative estimate of drug-likeness (QED) is 0.802. The van der Waals surface area contributed by atoms with Gasteiger partial charge >= 0.3 is 0 Å². The number of sulfone groups is 1. The second kappa shape index (κ2) is 7.79. The van der Waals surface area contributed by atoms with E-state index in [1.165, 1.54) is 0 Å². The topological polar surface area (TPSA) is 46.2 Å². The van der Waals surface area contributed by atoms with Crippen molar-refractivity contribution in [3.8, 4) is 0 Å². The Balaban J connectivity index is 2.72. The lowest BCUT2D eigenvalue weighted by Crippen LogP contribution is -2.40. The summed E-state index contributed by atoms with van der Waals surface area (Å²) in [5.74, 6) is 0.651. The van der Waals surface area contributed by atoms with E-state index in [4.69, 9.17) is 0 Å². The van der Waals surface area contributed by atoms with Crippen molar-refractivity contribution in [2.24, 2.45) is 5.92 Å². The zero-order chi connectivity index (χ0) is 15.2. The fraction of sp³-hybridized carbons (Fsp3) is 0.625. The number of rotatable bonds is 8. The van der Waals surface area contributed by atoms with Crippen LogP contribution in [0.2, 0.25) is 0 Å². The minimum Gasteiger partial charge on any atom is -0.313 e. The molecule has 1 atom stereocenters. The summed E-state index contributed by atoms with van der Waals surface area (Å²) in [7, 11) is -3.09. The summed E-state index contributed by atoms with van der Waals surface area (Å²) < 4.78 is 24.7. The van der Waals surface area contributed by atoms with Crippen molar-refractivity contribution < 1.29 is 8.42 Å². The fourth-order valence-electron chi connectivity index (χ4n) is 2.21. The van der Waals surface area contributed by atoms with Crippen LogP contribution >= 0.6 is 0 Å². The second-order valence-electron chi connectivity index (χ2n) is 5.85. The first-order valence-electron chi connectivity index (χ1n) is 7.33. The Labute approximate surface area is 123 Å². The summed E-state index contributed by atoms with van der Waals surface area (Å²) in [6.07, 6.45) is 1.02. The van der Waals surface area contributed by atoms with Gasteiger partial charge in [0.15, 0.2) is 9.84 Å². The van der Waals surface area contributed by atoms with Gasteiger partial charge < -0.3 is 5.32 Å². The molecule has 1 N–H and O–H groups in total. The Bertz CT molecular complexity index is 509. The Kier molecular flexibility index (Phi) is 6.69. The van der Waals surface area contributed by atoms with E-state index in [0.29, 0.717) is 5.92 Å². The zero-order valence-corrected chi connectivity index (χ0v) is 13.8. The van der Waals surface area contributed by atoms with Crippen LogP contribution in [-0.2, 0) is 15.6 Å². The van der Waals surface area contributed by atoms with Crippen molar-refractivity contribution >= 4 is 9.84 Å². The molecule has 4 heteroatoms. The molecule has 0 saturated carbocycles. The Morgan fingerprint density at radius 1 is 1.25 bits per heavy atom. The number of hydrogen-bond acceptors (Lipinski definition) is 3.